The van der Waals surface area contributed by atoms with Crippen LogP contribution in [-0.4, -0.2) is 36.6 Å². The van der Waals surface area contributed by atoms with E-state index in [9.17, 15) is 9.59 Å². The smallest absolute Gasteiger partial charge is 0.350 e. The number of aromatic nitrogens is 1. The van der Waals surface area contributed by atoms with Crippen LogP contribution in [-0.2, 0) is 19.1 Å². The molecule has 0 saturated carbocycles. The number of fused-ring (bicyclic) bond motifs is 1. The van der Waals surface area contributed by atoms with Gasteiger partial charge in [0.05, 0.1) is 22.6 Å². The zero-order valence-electron chi connectivity index (χ0n) is 27.3. The van der Waals surface area contributed by atoms with E-state index in [4.69, 9.17) is 14.2 Å². The van der Waals surface area contributed by atoms with Crippen LogP contribution in [0.5, 0.6) is 5.75 Å². The first kappa shape index (κ1) is 36.5. The summed E-state index contributed by atoms with van der Waals surface area (Å²) in [5, 5.41) is 18.5. The van der Waals surface area contributed by atoms with E-state index in [-0.39, 0.29) is 19.0 Å². The molecule has 0 fully saturated rings. The van der Waals surface area contributed by atoms with Crippen molar-refractivity contribution in [3.05, 3.63) is 120 Å². The second kappa shape index (κ2) is 19.5. The van der Waals surface area contributed by atoms with Gasteiger partial charge in [0.25, 0.3) is 0 Å². The van der Waals surface area contributed by atoms with E-state index >= 15 is 0 Å². The fourth-order valence-corrected chi connectivity index (χ4v) is 5.71. The third kappa shape index (κ3) is 11.7. The summed E-state index contributed by atoms with van der Waals surface area (Å²) < 4.78 is 16.9. The number of thiazole rings is 1. The van der Waals surface area contributed by atoms with Crippen molar-refractivity contribution in [3.63, 3.8) is 0 Å². The summed E-state index contributed by atoms with van der Waals surface area (Å²) in [6.45, 7) is 12.3. The molecule has 0 aliphatic carbocycles. The third-order valence-electron chi connectivity index (χ3n) is 6.16. The number of ether oxygens (including phenoxy) is 3. The van der Waals surface area contributed by atoms with E-state index in [2.05, 4.69) is 83.6 Å². The third-order valence-corrected chi connectivity index (χ3v) is 8.09. The summed E-state index contributed by atoms with van der Waals surface area (Å²) >= 11 is 2.79. The number of thiophene rings is 1. The van der Waals surface area contributed by atoms with Crippen molar-refractivity contribution in [1.29, 1.82) is 0 Å². The number of hydrogen-bond acceptors (Lipinski definition) is 13. The molecule has 4 aromatic rings. The van der Waals surface area contributed by atoms with Gasteiger partial charge in [0.2, 0.25) is 5.13 Å². The van der Waals surface area contributed by atoms with E-state index in [1.165, 1.54) is 22.7 Å². The zero-order valence-corrected chi connectivity index (χ0v) is 28.9. The van der Waals surface area contributed by atoms with Gasteiger partial charge in [-0.25, -0.2) is 9.78 Å². The van der Waals surface area contributed by atoms with Crippen LogP contribution in [0.4, 0.5) is 27.2 Å². The number of hydrogen-bond donors (Lipinski definition) is 0. The second-order valence-electron chi connectivity index (χ2n) is 9.65. The fourth-order valence-electron chi connectivity index (χ4n) is 3.87. The number of benzene rings is 2. The highest BCUT2D eigenvalue weighted by molar-refractivity contribution is 7.30. The van der Waals surface area contributed by atoms with Crippen LogP contribution in [0.25, 0.3) is 9.53 Å². The molecule has 0 bridgehead atoms. The molecule has 50 heavy (non-hydrogen) atoms. The van der Waals surface area contributed by atoms with Gasteiger partial charge in [0, 0.05) is 30.5 Å². The molecule has 0 amide bonds. The van der Waals surface area contributed by atoms with Gasteiger partial charge in [-0.15, -0.1) is 20.5 Å². The van der Waals surface area contributed by atoms with Crippen LogP contribution in [0.3, 0.4) is 0 Å². The Hall–Kier alpha value is -6.29. The van der Waals surface area contributed by atoms with E-state index in [1.807, 2.05) is 44.2 Å². The quantitative estimate of drug-likeness (QED) is 0.0397. The van der Waals surface area contributed by atoms with Gasteiger partial charge in [-0.3, -0.25) is 4.79 Å². The van der Waals surface area contributed by atoms with Gasteiger partial charge < -0.3 is 19.1 Å². The summed E-state index contributed by atoms with van der Waals surface area (Å²) in [6, 6.07) is 16.3. The molecule has 0 N–H and O–H groups in total. The van der Waals surface area contributed by atoms with Crippen molar-refractivity contribution in [3.8, 4) is 5.75 Å². The molecule has 13 heteroatoms. The molecular formula is C37H30N6O5S2. The van der Waals surface area contributed by atoms with E-state index < -0.39 is 11.9 Å². The molecule has 0 unspecified atom stereocenters. The Labute approximate surface area is 296 Å². The summed E-state index contributed by atoms with van der Waals surface area (Å²) in [7, 11) is 0. The van der Waals surface area contributed by atoms with Crippen molar-refractivity contribution in [1.82, 2.24) is 4.98 Å². The van der Waals surface area contributed by atoms with Crippen LogP contribution >= 0.6 is 22.7 Å². The lowest BCUT2D eigenvalue weighted by molar-refractivity contribution is -0.142. The normalized spacial score (nSPS) is 10.2. The number of carbonyl (C=O) groups is 2. The lowest BCUT2D eigenvalue weighted by Gasteiger charge is -2.22. The molecule has 0 spiro atoms. The second-order valence-corrected chi connectivity index (χ2v) is 11.7. The Kier molecular flexibility index (Phi) is 14.3. The maximum Gasteiger partial charge on any atom is 0.350 e. The van der Waals surface area contributed by atoms with Gasteiger partial charge in [0.15, 0.2) is 0 Å². The maximum absolute atomic E-state index is 12.0. The van der Waals surface area contributed by atoms with Crippen molar-refractivity contribution in [2.75, 3.05) is 24.6 Å². The van der Waals surface area contributed by atoms with E-state index in [0.29, 0.717) is 40.2 Å². The molecule has 0 radical (unpaired) electrons. The Balaban J connectivity index is 1.37. The standard InChI is InChI=1S/C37H30N6O5S2/c1-5-9-10-11-12-13-15-35(48-34(45)14-6-2)47-30-22-18-28(19-23-30)39-41-32-26-31-36(50-32)38-37(49-31)42-40-27-16-20-29(21-17-27)43(8-4)24-25-46-33(44)7-3/h7,16-23,26H,1,3,6,8,14,24-25H2,2,4H3. The highest BCUT2D eigenvalue weighted by atomic mass is 32.1. The first-order valence-electron chi connectivity index (χ1n) is 15.2. The summed E-state index contributed by atoms with van der Waals surface area (Å²) in [5.74, 6) is -0.714. The average Bonchev–Trinajstić information content (AvgIpc) is 3.69. The largest absolute Gasteiger partial charge is 0.461 e. The maximum atomic E-state index is 12.0. The molecule has 0 aliphatic heterocycles. The van der Waals surface area contributed by atoms with E-state index in [1.54, 1.807) is 24.3 Å². The predicted octanol–water partition coefficient (Wildman–Crippen LogP) is 10.0. The van der Waals surface area contributed by atoms with Crippen LogP contribution < -0.4 is 9.64 Å². The topological polar surface area (TPSA) is 127 Å². The number of carbonyl (C=O) groups excluding carboxylic acids is 2. The van der Waals surface area contributed by atoms with Gasteiger partial charge in [-0.05, 0) is 103 Å². The monoisotopic (exact) mass is 702 g/mol. The highest BCUT2D eigenvalue weighted by Gasteiger charge is 2.11. The van der Waals surface area contributed by atoms with Gasteiger partial charge in [-0.2, -0.15) is 0 Å². The summed E-state index contributed by atoms with van der Waals surface area (Å²) in [5.41, 5.74) is 19.8. The number of azo groups is 2. The minimum atomic E-state index is -0.468. The summed E-state index contributed by atoms with van der Waals surface area (Å²) in [4.78, 5) is 30.7. The Bertz CT molecular complexity index is 2140. The molecule has 4 rings (SSSR count). The predicted molar refractivity (Wildman–Crippen MR) is 193 cm³/mol. The zero-order chi connectivity index (χ0) is 35.6. The van der Waals surface area contributed by atoms with Crippen molar-refractivity contribution < 1.29 is 23.8 Å². The molecule has 11 nitrogen and oxygen atoms in total. The van der Waals surface area contributed by atoms with Crippen molar-refractivity contribution >= 4 is 71.3 Å². The van der Waals surface area contributed by atoms with Crippen LogP contribution in [0.2, 0.25) is 0 Å². The van der Waals surface area contributed by atoms with Gasteiger partial charge in [0.1, 0.15) is 22.2 Å². The number of esters is 2. The molecule has 0 saturated heterocycles. The SMILES string of the molecule is C=C=C=C=C=C=C=C=C(OC(=O)CCC)Oc1ccc(N=Nc2cc3sc(N=Nc4ccc(N(CC)CCOC(=O)C=C)cc4)nc3s2)cc1. The Morgan fingerprint density at radius 1 is 0.920 bits per heavy atom. The summed E-state index contributed by atoms with van der Waals surface area (Å²) in [6.07, 6.45) is 1.99. The number of likely N-dealkylation sites (N-methyl/N-ethyl adjacent to an activating group) is 1. The lowest BCUT2D eigenvalue weighted by Crippen LogP contribution is -2.27. The van der Waals surface area contributed by atoms with Gasteiger partial charge >= 0.3 is 17.9 Å². The molecule has 0 atom stereocenters. The highest BCUT2D eigenvalue weighted by Crippen LogP contribution is 2.39. The lowest BCUT2D eigenvalue weighted by atomic mass is 10.2. The first-order chi connectivity index (χ1) is 24.4. The fraction of sp³-hybridized carbons (Fsp3) is 0.189. The number of rotatable bonds is 15. The average molecular weight is 703 g/mol. The molecule has 2 heterocycles. The first-order valence-corrected chi connectivity index (χ1v) is 16.8. The molecule has 2 aromatic heterocycles. The molecular weight excluding hydrogens is 673 g/mol. The molecule has 2 aromatic carbocycles. The molecule has 0 aliphatic rings. The Morgan fingerprint density at radius 2 is 1.62 bits per heavy atom. The van der Waals surface area contributed by atoms with E-state index in [0.717, 1.165) is 27.8 Å². The number of anilines is 1. The van der Waals surface area contributed by atoms with Crippen LogP contribution in [0, 0.1) is 0 Å². The van der Waals surface area contributed by atoms with Gasteiger partial charge in [-0.1, -0.05) is 41.9 Å². The number of nitrogens with zero attached hydrogens (tertiary/aromatic N) is 6. The van der Waals surface area contributed by atoms with Crippen LogP contribution in [0.1, 0.15) is 26.7 Å². The van der Waals surface area contributed by atoms with Crippen LogP contribution in [0.15, 0.2) is 140 Å². The molecule has 250 valence electrons. The Morgan fingerprint density at radius 3 is 2.30 bits per heavy atom. The van der Waals surface area contributed by atoms with Crippen molar-refractivity contribution in [2.24, 2.45) is 20.5 Å². The minimum Gasteiger partial charge on any atom is -0.461 e. The minimum absolute atomic E-state index is 0.195. The van der Waals surface area contributed by atoms with Crippen molar-refractivity contribution in [2.45, 2.75) is 26.7 Å².